The number of ether oxygens (including phenoxy) is 2. The van der Waals surface area contributed by atoms with Gasteiger partial charge in [0.1, 0.15) is 17.2 Å². The molecule has 5 rings (SSSR count). The van der Waals surface area contributed by atoms with E-state index in [1.807, 2.05) is 6.07 Å². The molecular formula is C40H41ClN4O4. The van der Waals surface area contributed by atoms with Crippen LogP contribution >= 0.6 is 11.6 Å². The van der Waals surface area contributed by atoms with Gasteiger partial charge in [0.05, 0.1) is 12.3 Å². The zero-order chi connectivity index (χ0) is 35.3. The molecule has 252 valence electrons. The van der Waals surface area contributed by atoms with E-state index in [9.17, 15) is 9.59 Å². The van der Waals surface area contributed by atoms with Crippen LogP contribution in [-0.4, -0.2) is 22.3 Å². The minimum atomic E-state index is -0.413. The molecule has 0 spiro atoms. The van der Waals surface area contributed by atoms with Gasteiger partial charge in [0.15, 0.2) is 12.3 Å². The first-order valence-electron chi connectivity index (χ1n) is 16.3. The standard InChI is InChI=1S/C40H41ClN4O4/c1-8-39(3,4)27-12-23-34(33(24-27)40(5,6)9-2)48-25-35(46)43-30-15-19-31(20-16-30)45-38(47)37(49-32-21-17-29(42-7)18-22-32)36(44-45)26-10-13-28(41)14-11-26/h10-24,44H,8-9,25H2,1-6H3,(H,43,46). The van der Waals surface area contributed by atoms with Crippen molar-refractivity contribution in [2.75, 3.05) is 11.9 Å². The van der Waals surface area contributed by atoms with Crippen molar-refractivity contribution in [2.24, 2.45) is 0 Å². The fourth-order valence-electron chi connectivity index (χ4n) is 5.25. The number of nitrogens with zero attached hydrogens (tertiary/aromatic N) is 2. The van der Waals surface area contributed by atoms with E-state index in [0.717, 1.165) is 18.4 Å². The van der Waals surface area contributed by atoms with Gasteiger partial charge in [-0.1, -0.05) is 89.5 Å². The van der Waals surface area contributed by atoms with Crippen molar-refractivity contribution in [1.82, 2.24) is 9.78 Å². The highest BCUT2D eigenvalue weighted by molar-refractivity contribution is 6.30. The lowest BCUT2D eigenvalue weighted by Gasteiger charge is -2.30. The predicted molar refractivity (Wildman–Crippen MR) is 197 cm³/mol. The Kier molecular flexibility index (Phi) is 10.4. The van der Waals surface area contributed by atoms with Crippen LogP contribution in [-0.2, 0) is 15.6 Å². The van der Waals surface area contributed by atoms with Crippen molar-refractivity contribution >= 4 is 28.9 Å². The number of halogens is 1. The summed E-state index contributed by atoms with van der Waals surface area (Å²) in [6, 6.07) is 26.8. The fraction of sp³-hybridized carbons (Fsp3) is 0.275. The van der Waals surface area contributed by atoms with Crippen LogP contribution in [0.25, 0.3) is 21.8 Å². The monoisotopic (exact) mass is 676 g/mol. The van der Waals surface area contributed by atoms with E-state index in [2.05, 4.69) is 68.9 Å². The van der Waals surface area contributed by atoms with Crippen LogP contribution in [0.15, 0.2) is 95.8 Å². The minimum absolute atomic E-state index is 0.0315. The zero-order valence-electron chi connectivity index (χ0n) is 28.7. The van der Waals surface area contributed by atoms with E-state index in [1.54, 1.807) is 72.8 Å². The molecular weight excluding hydrogens is 636 g/mol. The molecule has 0 fully saturated rings. The topological polar surface area (TPSA) is 89.7 Å². The molecule has 0 saturated heterocycles. The number of hydrogen-bond donors (Lipinski definition) is 2. The Morgan fingerprint density at radius 1 is 0.898 bits per heavy atom. The molecule has 0 saturated carbocycles. The van der Waals surface area contributed by atoms with Crippen molar-refractivity contribution in [3.63, 3.8) is 0 Å². The quantitative estimate of drug-likeness (QED) is 0.129. The van der Waals surface area contributed by atoms with Crippen LogP contribution in [0, 0.1) is 6.57 Å². The number of benzene rings is 4. The van der Waals surface area contributed by atoms with Gasteiger partial charge in [-0.3, -0.25) is 14.7 Å². The largest absolute Gasteiger partial charge is 0.483 e. The van der Waals surface area contributed by atoms with E-state index >= 15 is 0 Å². The summed E-state index contributed by atoms with van der Waals surface area (Å²) in [5.41, 5.74) is 4.54. The lowest BCUT2D eigenvalue weighted by molar-refractivity contribution is -0.118. The van der Waals surface area contributed by atoms with E-state index in [4.69, 9.17) is 27.6 Å². The van der Waals surface area contributed by atoms with Gasteiger partial charge in [0, 0.05) is 21.8 Å². The number of carbonyl (C=O) groups is 1. The number of aromatic amines is 1. The van der Waals surface area contributed by atoms with Crippen LogP contribution in [0.2, 0.25) is 5.02 Å². The van der Waals surface area contributed by atoms with Gasteiger partial charge >= 0.3 is 5.56 Å². The van der Waals surface area contributed by atoms with Crippen molar-refractivity contribution in [3.8, 4) is 34.2 Å². The highest BCUT2D eigenvalue weighted by Crippen LogP contribution is 2.38. The molecule has 0 aliphatic carbocycles. The highest BCUT2D eigenvalue weighted by atomic mass is 35.5. The molecule has 2 N–H and O–H groups in total. The van der Waals surface area contributed by atoms with Crippen LogP contribution in [0.5, 0.6) is 17.2 Å². The molecule has 0 unspecified atom stereocenters. The molecule has 1 heterocycles. The molecule has 1 amide bonds. The fourth-order valence-corrected chi connectivity index (χ4v) is 5.38. The molecule has 9 heteroatoms. The Morgan fingerprint density at radius 2 is 1.55 bits per heavy atom. The second-order valence-electron chi connectivity index (χ2n) is 13.2. The summed E-state index contributed by atoms with van der Waals surface area (Å²) in [6.45, 7) is 20.2. The normalized spacial score (nSPS) is 11.6. The molecule has 0 atom stereocenters. The Bertz CT molecular complexity index is 2030. The number of nitrogens with one attached hydrogen (secondary N) is 2. The van der Waals surface area contributed by atoms with Gasteiger partial charge in [0.2, 0.25) is 5.75 Å². The Hall–Kier alpha value is -5.26. The number of aromatic nitrogens is 2. The van der Waals surface area contributed by atoms with Crippen LogP contribution in [0.4, 0.5) is 11.4 Å². The van der Waals surface area contributed by atoms with Gasteiger partial charge < -0.3 is 14.8 Å². The molecule has 0 aliphatic rings. The lowest BCUT2D eigenvalue weighted by Crippen LogP contribution is -2.24. The molecule has 5 aromatic rings. The van der Waals surface area contributed by atoms with Crippen molar-refractivity contribution in [1.29, 1.82) is 0 Å². The number of carbonyl (C=O) groups excluding carboxylic acids is 1. The van der Waals surface area contributed by atoms with Gasteiger partial charge in [-0.2, -0.15) is 0 Å². The smallest absolute Gasteiger partial charge is 0.314 e. The van der Waals surface area contributed by atoms with Gasteiger partial charge in [0.25, 0.3) is 5.91 Å². The molecule has 8 nitrogen and oxygen atoms in total. The third-order valence-electron chi connectivity index (χ3n) is 9.19. The molecule has 1 aromatic heterocycles. The summed E-state index contributed by atoms with van der Waals surface area (Å²) in [5.74, 6) is 0.908. The molecule has 0 aliphatic heterocycles. The van der Waals surface area contributed by atoms with E-state index < -0.39 is 5.56 Å². The van der Waals surface area contributed by atoms with E-state index in [1.165, 1.54) is 10.2 Å². The van der Waals surface area contributed by atoms with Crippen LogP contribution in [0.3, 0.4) is 0 Å². The summed E-state index contributed by atoms with van der Waals surface area (Å²) in [7, 11) is 0. The first-order chi connectivity index (χ1) is 23.3. The molecule has 0 radical (unpaired) electrons. The minimum Gasteiger partial charge on any atom is -0.483 e. The van der Waals surface area contributed by atoms with Gasteiger partial charge in [-0.15, -0.1) is 0 Å². The average molecular weight is 677 g/mol. The summed E-state index contributed by atoms with van der Waals surface area (Å²) >= 11 is 6.12. The SMILES string of the molecule is [C-]#[N+]c1ccc(Oc2c(-c3ccc(Cl)cc3)[nH]n(-c3ccc(NC(=O)COc4ccc(C(C)(C)CC)cc4C(C)(C)CC)cc3)c2=O)cc1. The predicted octanol–water partition coefficient (Wildman–Crippen LogP) is 10.2. The molecule has 0 bridgehead atoms. The maximum atomic E-state index is 13.7. The molecule has 49 heavy (non-hydrogen) atoms. The highest BCUT2D eigenvalue weighted by Gasteiger charge is 2.27. The first kappa shape index (κ1) is 35.1. The summed E-state index contributed by atoms with van der Waals surface area (Å²) in [6.07, 6.45) is 1.93. The first-order valence-corrected chi connectivity index (χ1v) is 16.7. The number of hydrogen-bond acceptors (Lipinski definition) is 4. The second kappa shape index (κ2) is 14.5. The Labute approximate surface area is 292 Å². The third kappa shape index (κ3) is 7.90. The Morgan fingerprint density at radius 3 is 2.16 bits per heavy atom. The van der Waals surface area contributed by atoms with Crippen LogP contribution < -0.4 is 20.3 Å². The maximum Gasteiger partial charge on any atom is 0.314 e. The van der Waals surface area contributed by atoms with Crippen LogP contribution in [0.1, 0.15) is 65.5 Å². The average Bonchev–Trinajstić information content (AvgIpc) is 3.43. The van der Waals surface area contributed by atoms with Crippen molar-refractivity contribution < 1.29 is 14.3 Å². The van der Waals surface area contributed by atoms with Gasteiger partial charge in [-0.05, 0) is 83.8 Å². The Balaban J connectivity index is 1.34. The van der Waals surface area contributed by atoms with E-state index in [0.29, 0.717) is 44.8 Å². The number of H-pyrrole nitrogens is 1. The number of rotatable bonds is 12. The second-order valence-corrected chi connectivity index (χ2v) is 13.7. The third-order valence-corrected chi connectivity index (χ3v) is 9.44. The van der Waals surface area contributed by atoms with Crippen molar-refractivity contribution in [2.45, 2.75) is 65.2 Å². The van der Waals surface area contributed by atoms with E-state index in [-0.39, 0.29) is 29.1 Å². The summed E-state index contributed by atoms with van der Waals surface area (Å²) < 4.78 is 13.5. The summed E-state index contributed by atoms with van der Waals surface area (Å²) in [4.78, 5) is 30.1. The zero-order valence-corrected chi connectivity index (χ0v) is 29.4. The number of amides is 1. The summed E-state index contributed by atoms with van der Waals surface area (Å²) in [5, 5.41) is 6.62. The lowest BCUT2D eigenvalue weighted by atomic mass is 9.76. The number of anilines is 1. The van der Waals surface area contributed by atoms with Crippen molar-refractivity contribution in [3.05, 3.63) is 129 Å². The maximum absolute atomic E-state index is 13.7. The van der Waals surface area contributed by atoms with Gasteiger partial charge in [-0.25, -0.2) is 9.53 Å². The molecule has 4 aromatic carbocycles.